The van der Waals surface area contributed by atoms with Gasteiger partial charge in [0.1, 0.15) is 11.4 Å². The first-order chi connectivity index (χ1) is 9.74. The van der Waals surface area contributed by atoms with Gasteiger partial charge in [0, 0.05) is 6.20 Å². The van der Waals surface area contributed by atoms with Crippen molar-refractivity contribution in [1.29, 1.82) is 0 Å². The second-order valence-corrected chi connectivity index (χ2v) is 5.48. The van der Waals surface area contributed by atoms with Crippen molar-refractivity contribution in [3.8, 4) is 0 Å². The number of ether oxygens (including phenoxy) is 1. The topological polar surface area (TPSA) is 91.8 Å². The maximum Gasteiger partial charge on any atom is 0.425 e. The average molecular weight is 295 g/mol. The van der Waals surface area contributed by atoms with Crippen molar-refractivity contribution in [2.45, 2.75) is 32.8 Å². The first-order valence-corrected chi connectivity index (χ1v) is 6.60. The Morgan fingerprint density at radius 3 is 2.48 bits per heavy atom. The molecular weight excluding hydrogens is 274 g/mol. The van der Waals surface area contributed by atoms with Gasteiger partial charge in [-0.05, 0) is 52.4 Å². The van der Waals surface area contributed by atoms with Crippen molar-refractivity contribution in [2.75, 3.05) is 18.5 Å². The summed E-state index contributed by atoms with van der Waals surface area (Å²) in [6.07, 6.45) is -0.0822. The molecule has 1 aromatic rings. The van der Waals surface area contributed by atoms with E-state index in [2.05, 4.69) is 10.3 Å². The quantitative estimate of drug-likeness (QED) is 0.885. The fourth-order valence-electron chi connectivity index (χ4n) is 1.54. The molecule has 0 spiro atoms. The molecule has 1 rings (SSSR count). The lowest BCUT2D eigenvalue weighted by atomic mass is 10.2. The summed E-state index contributed by atoms with van der Waals surface area (Å²) < 4.78 is 5.07. The standard InChI is InChI=1S/C14H21N3O4/c1-14(2,3)21-13(20)17(12(18)19)11-6-5-10(9-16-11)7-8-15-4/h5-6,9,15H,7-8H2,1-4H3,(H,18,19). The number of nitrogens with zero attached hydrogens (tertiary/aromatic N) is 2. The number of hydrogen-bond donors (Lipinski definition) is 2. The van der Waals surface area contributed by atoms with Crippen LogP contribution in [0.1, 0.15) is 26.3 Å². The van der Waals surface area contributed by atoms with E-state index in [0.717, 1.165) is 18.5 Å². The Bertz CT molecular complexity index is 494. The molecule has 0 aromatic carbocycles. The fourth-order valence-corrected chi connectivity index (χ4v) is 1.54. The van der Waals surface area contributed by atoms with Crippen LogP contribution < -0.4 is 10.2 Å². The highest BCUT2D eigenvalue weighted by Crippen LogP contribution is 2.17. The average Bonchev–Trinajstić information content (AvgIpc) is 2.35. The van der Waals surface area contributed by atoms with Crippen LogP contribution in [-0.4, -0.2) is 41.5 Å². The van der Waals surface area contributed by atoms with Crippen molar-refractivity contribution in [3.05, 3.63) is 23.9 Å². The summed E-state index contributed by atoms with van der Waals surface area (Å²) in [6.45, 7) is 5.79. The van der Waals surface area contributed by atoms with Crippen LogP contribution in [0.15, 0.2) is 18.3 Å². The molecule has 2 N–H and O–H groups in total. The molecule has 116 valence electrons. The molecule has 21 heavy (non-hydrogen) atoms. The second-order valence-electron chi connectivity index (χ2n) is 5.48. The van der Waals surface area contributed by atoms with Crippen LogP contribution in [-0.2, 0) is 11.2 Å². The zero-order chi connectivity index (χ0) is 16.0. The number of carbonyl (C=O) groups excluding carboxylic acids is 1. The van der Waals surface area contributed by atoms with E-state index >= 15 is 0 Å². The first-order valence-electron chi connectivity index (χ1n) is 6.60. The molecule has 1 aromatic heterocycles. The SMILES string of the molecule is CNCCc1ccc(N(C(=O)O)C(=O)OC(C)(C)C)nc1. The number of nitrogens with one attached hydrogen (secondary N) is 1. The highest BCUT2D eigenvalue weighted by molar-refractivity contribution is 6.07. The Morgan fingerprint density at radius 1 is 1.38 bits per heavy atom. The third kappa shape index (κ3) is 5.39. The number of anilines is 1. The minimum absolute atomic E-state index is 0.0185. The van der Waals surface area contributed by atoms with E-state index in [4.69, 9.17) is 4.74 Å². The number of rotatable bonds is 4. The zero-order valence-electron chi connectivity index (χ0n) is 12.7. The molecule has 2 amide bonds. The molecule has 0 saturated heterocycles. The van der Waals surface area contributed by atoms with Crippen LogP contribution in [0.2, 0.25) is 0 Å². The molecule has 0 atom stereocenters. The Kier molecular flexibility index (Phi) is 5.66. The van der Waals surface area contributed by atoms with E-state index in [1.54, 1.807) is 33.0 Å². The number of imide groups is 1. The maximum atomic E-state index is 11.9. The van der Waals surface area contributed by atoms with Crippen molar-refractivity contribution < 1.29 is 19.4 Å². The molecule has 0 bridgehead atoms. The highest BCUT2D eigenvalue weighted by Gasteiger charge is 2.29. The van der Waals surface area contributed by atoms with E-state index in [9.17, 15) is 14.7 Å². The monoisotopic (exact) mass is 295 g/mol. The molecular formula is C14H21N3O4. The summed E-state index contributed by atoms with van der Waals surface area (Å²) in [6, 6.07) is 3.23. The normalized spacial score (nSPS) is 11.0. The van der Waals surface area contributed by atoms with E-state index in [1.165, 1.54) is 6.07 Å². The van der Waals surface area contributed by atoms with E-state index in [1.807, 2.05) is 7.05 Å². The number of likely N-dealkylation sites (N-methyl/N-ethyl adjacent to an activating group) is 1. The lowest BCUT2D eigenvalue weighted by Crippen LogP contribution is -2.40. The van der Waals surface area contributed by atoms with Gasteiger partial charge in [-0.1, -0.05) is 6.07 Å². The predicted molar refractivity (Wildman–Crippen MR) is 78.6 cm³/mol. The number of hydrogen-bond acceptors (Lipinski definition) is 5. The Balaban J connectivity index is 2.91. The minimum Gasteiger partial charge on any atom is -0.464 e. The van der Waals surface area contributed by atoms with Gasteiger partial charge in [-0.3, -0.25) is 0 Å². The molecule has 1 heterocycles. The molecule has 7 nitrogen and oxygen atoms in total. The van der Waals surface area contributed by atoms with Crippen molar-refractivity contribution in [2.24, 2.45) is 0 Å². The molecule has 0 aliphatic heterocycles. The molecule has 7 heteroatoms. The van der Waals surface area contributed by atoms with Gasteiger partial charge in [0.15, 0.2) is 0 Å². The maximum absolute atomic E-state index is 11.9. The number of carboxylic acid groups (broad SMARTS) is 1. The smallest absolute Gasteiger partial charge is 0.425 e. The third-order valence-electron chi connectivity index (χ3n) is 2.47. The fraction of sp³-hybridized carbons (Fsp3) is 0.500. The van der Waals surface area contributed by atoms with Gasteiger partial charge in [0.2, 0.25) is 0 Å². The summed E-state index contributed by atoms with van der Waals surface area (Å²) in [5.74, 6) is 0.0185. The highest BCUT2D eigenvalue weighted by atomic mass is 16.6. The van der Waals surface area contributed by atoms with Crippen LogP contribution in [0, 0.1) is 0 Å². The van der Waals surface area contributed by atoms with Crippen LogP contribution >= 0.6 is 0 Å². The van der Waals surface area contributed by atoms with Crippen LogP contribution in [0.25, 0.3) is 0 Å². The first kappa shape index (κ1) is 16.9. The summed E-state index contributed by atoms with van der Waals surface area (Å²) in [5.41, 5.74) is 0.167. The lowest BCUT2D eigenvalue weighted by molar-refractivity contribution is 0.0581. The van der Waals surface area contributed by atoms with Crippen LogP contribution in [0.5, 0.6) is 0 Å². The summed E-state index contributed by atoms with van der Waals surface area (Å²) in [4.78, 5) is 27.7. The second kappa shape index (κ2) is 7.03. The van der Waals surface area contributed by atoms with Gasteiger partial charge in [0.25, 0.3) is 0 Å². The van der Waals surface area contributed by atoms with E-state index < -0.39 is 17.8 Å². The van der Waals surface area contributed by atoms with Gasteiger partial charge in [-0.2, -0.15) is 4.90 Å². The summed E-state index contributed by atoms with van der Waals surface area (Å²) in [7, 11) is 1.84. The lowest BCUT2D eigenvalue weighted by Gasteiger charge is -2.23. The Labute approximate surface area is 123 Å². The largest absolute Gasteiger partial charge is 0.464 e. The van der Waals surface area contributed by atoms with Crippen molar-refractivity contribution in [1.82, 2.24) is 10.3 Å². The molecule has 0 fully saturated rings. The molecule has 0 saturated carbocycles. The van der Waals surface area contributed by atoms with Gasteiger partial charge in [-0.25, -0.2) is 14.6 Å². The number of carbonyl (C=O) groups is 2. The van der Waals surface area contributed by atoms with Gasteiger partial charge < -0.3 is 15.2 Å². The Morgan fingerprint density at radius 2 is 2.05 bits per heavy atom. The predicted octanol–water partition coefficient (Wildman–Crippen LogP) is 2.26. The number of pyridine rings is 1. The van der Waals surface area contributed by atoms with Gasteiger partial charge in [0.05, 0.1) is 0 Å². The third-order valence-corrected chi connectivity index (χ3v) is 2.47. The van der Waals surface area contributed by atoms with E-state index in [0.29, 0.717) is 4.90 Å². The van der Waals surface area contributed by atoms with Crippen molar-refractivity contribution >= 4 is 18.0 Å². The summed E-state index contributed by atoms with van der Waals surface area (Å²) in [5, 5.41) is 12.2. The van der Waals surface area contributed by atoms with Gasteiger partial charge in [-0.15, -0.1) is 0 Å². The van der Waals surface area contributed by atoms with Crippen LogP contribution in [0.3, 0.4) is 0 Å². The number of aromatic nitrogens is 1. The van der Waals surface area contributed by atoms with Crippen LogP contribution in [0.4, 0.5) is 15.4 Å². The molecule has 0 unspecified atom stereocenters. The zero-order valence-corrected chi connectivity index (χ0v) is 12.7. The van der Waals surface area contributed by atoms with Crippen molar-refractivity contribution in [3.63, 3.8) is 0 Å². The minimum atomic E-state index is -1.43. The molecule has 0 aliphatic carbocycles. The van der Waals surface area contributed by atoms with Gasteiger partial charge >= 0.3 is 12.2 Å². The Hall–Kier alpha value is -2.15. The molecule has 0 aliphatic rings. The molecule has 0 radical (unpaired) electrons. The summed E-state index contributed by atoms with van der Waals surface area (Å²) >= 11 is 0. The van der Waals surface area contributed by atoms with E-state index in [-0.39, 0.29) is 5.82 Å². The number of amides is 2.